The van der Waals surface area contributed by atoms with Crippen LogP contribution in [0.2, 0.25) is 5.02 Å². The van der Waals surface area contributed by atoms with Crippen molar-refractivity contribution < 1.29 is 15.0 Å². The van der Waals surface area contributed by atoms with E-state index in [0.717, 1.165) is 29.3 Å². The molecular formula is C16H18ClN3O3. The number of H-pyrrole nitrogens is 1. The maximum Gasteiger partial charge on any atom is 0.404 e. The van der Waals surface area contributed by atoms with Crippen molar-refractivity contribution in [2.75, 3.05) is 0 Å². The number of aromatic nitrogens is 2. The highest BCUT2D eigenvalue weighted by Crippen LogP contribution is 2.54. The molecule has 1 amide bonds. The van der Waals surface area contributed by atoms with Crippen molar-refractivity contribution in [2.45, 2.75) is 37.3 Å². The lowest BCUT2D eigenvalue weighted by Crippen LogP contribution is -2.33. The van der Waals surface area contributed by atoms with Gasteiger partial charge in [-0.15, -0.1) is 0 Å². The number of hydrogen-bond acceptors (Lipinski definition) is 3. The SMILES string of the molecule is O=C(O)NC1C[C@@H]2C[C@@](O)(c3cc(Cl)cc4[nH]ncc34)C[C@@H]2C1. The van der Waals surface area contributed by atoms with Crippen molar-refractivity contribution in [1.29, 1.82) is 0 Å². The summed E-state index contributed by atoms with van der Waals surface area (Å²) < 4.78 is 0. The minimum Gasteiger partial charge on any atom is -0.465 e. The molecule has 1 heterocycles. The summed E-state index contributed by atoms with van der Waals surface area (Å²) in [7, 11) is 0. The van der Waals surface area contributed by atoms with Crippen LogP contribution < -0.4 is 5.32 Å². The van der Waals surface area contributed by atoms with Gasteiger partial charge in [0.15, 0.2) is 0 Å². The predicted octanol–water partition coefficient (Wildman–Crippen LogP) is 2.86. The smallest absolute Gasteiger partial charge is 0.404 e. The quantitative estimate of drug-likeness (QED) is 0.678. The molecule has 2 fully saturated rings. The normalized spacial score (nSPS) is 33.0. The third-order valence-electron chi connectivity index (χ3n) is 5.39. The minimum atomic E-state index is -0.972. The average Bonchev–Trinajstić information content (AvgIpc) is 3.10. The molecule has 0 radical (unpaired) electrons. The molecular weight excluding hydrogens is 318 g/mol. The Bertz CT molecular complexity index is 761. The Labute approximate surface area is 137 Å². The third-order valence-corrected chi connectivity index (χ3v) is 5.61. The van der Waals surface area contributed by atoms with Crippen LogP contribution in [0.4, 0.5) is 4.79 Å². The maximum absolute atomic E-state index is 11.2. The standard InChI is InChI=1S/C16H18ClN3O3/c17-10-3-13(12-7-18-20-14(12)4-10)16(23)5-8-1-11(19-15(21)22)2-9(8)6-16/h3-4,7-9,11,19,23H,1-2,5-6H2,(H,18,20)(H,21,22)/t8-,9+,11?,16+. The van der Waals surface area contributed by atoms with Crippen molar-refractivity contribution in [3.8, 4) is 0 Å². The summed E-state index contributed by atoms with van der Waals surface area (Å²) >= 11 is 6.19. The Hall–Kier alpha value is -1.79. The summed E-state index contributed by atoms with van der Waals surface area (Å²) in [6.45, 7) is 0. The molecule has 23 heavy (non-hydrogen) atoms. The molecule has 1 aromatic carbocycles. The van der Waals surface area contributed by atoms with Gasteiger partial charge < -0.3 is 15.5 Å². The van der Waals surface area contributed by atoms with Crippen LogP contribution in [0.25, 0.3) is 10.9 Å². The highest BCUT2D eigenvalue weighted by atomic mass is 35.5. The molecule has 7 heteroatoms. The Morgan fingerprint density at radius 1 is 1.35 bits per heavy atom. The van der Waals surface area contributed by atoms with Gasteiger partial charge in [0.2, 0.25) is 0 Å². The van der Waals surface area contributed by atoms with Gasteiger partial charge in [-0.2, -0.15) is 5.10 Å². The molecule has 6 nitrogen and oxygen atoms in total. The summed E-state index contributed by atoms with van der Waals surface area (Å²) in [4.78, 5) is 10.8. The van der Waals surface area contributed by atoms with Gasteiger partial charge in [0, 0.05) is 16.5 Å². The highest BCUT2D eigenvalue weighted by Gasteiger charge is 2.50. The van der Waals surface area contributed by atoms with Gasteiger partial charge >= 0.3 is 6.09 Å². The first-order valence-corrected chi connectivity index (χ1v) is 8.17. The Morgan fingerprint density at radius 3 is 2.70 bits per heavy atom. The van der Waals surface area contributed by atoms with Crippen molar-refractivity contribution in [3.05, 3.63) is 28.9 Å². The Kier molecular flexibility index (Phi) is 3.28. The van der Waals surface area contributed by atoms with Gasteiger partial charge in [-0.25, -0.2) is 4.79 Å². The van der Waals surface area contributed by atoms with E-state index in [4.69, 9.17) is 16.7 Å². The molecule has 0 bridgehead atoms. The van der Waals surface area contributed by atoms with E-state index in [1.165, 1.54) is 0 Å². The van der Waals surface area contributed by atoms with E-state index in [9.17, 15) is 9.90 Å². The minimum absolute atomic E-state index is 0.000329. The summed E-state index contributed by atoms with van der Waals surface area (Å²) in [5.74, 6) is 0.663. The zero-order valence-electron chi connectivity index (χ0n) is 12.4. The topological polar surface area (TPSA) is 98.2 Å². The monoisotopic (exact) mass is 335 g/mol. The molecule has 2 aromatic rings. The van der Waals surface area contributed by atoms with E-state index in [-0.39, 0.29) is 6.04 Å². The fraction of sp³-hybridized carbons (Fsp3) is 0.500. The van der Waals surface area contributed by atoms with Crippen LogP contribution in [0.3, 0.4) is 0 Å². The first-order chi connectivity index (χ1) is 10.9. The van der Waals surface area contributed by atoms with E-state index in [1.54, 1.807) is 12.3 Å². The van der Waals surface area contributed by atoms with Crippen LogP contribution >= 0.6 is 11.6 Å². The van der Waals surface area contributed by atoms with E-state index in [2.05, 4.69) is 15.5 Å². The largest absolute Gasteiger partial charge is 0.465 e. The van der Waals surface area contributed by atoms with Crippen molar-refractivity contribution in [2.24, 2.45) is 11.8 Å². The lowest BCUT2D eigenvalue weighted by Gasteiger charge is -2.26. The molecule has 4 N–H and O–H groups in total. The molecule has 1 aromatic heterocycles. The van der Waals surface area contributed by atoms with Gasteiger partial charge in [0.1, 0.15) is 0 Å². The molecule has 4 rings (SSSR count). The number of carbonyl (C=O) groups is 1. The number of benzene rings is 1. The van der Waals surface area contributed by atoms with Gasteiger partial charge in [-0.05, 0) is 55.2 Å². The van der Waals surface area contributed by atoms with Crippen LogP contribution in [0.1, 0.15) is 31.2 Å². The fourth-order valence-electron chi connectivity index (χ4n) is 4.58. The molecule has 4 atom stereocenters. The van der Waals surface area contributed by atoms with Crippen molar-refractivity contribution in [3.63, 3.8) is 0 Å². The average molecular weight is 336 g/mol. The zero-order valence-corrected chi connectivity index (χ0v) is 13.2. The van der Waals surface area contributed by atoms with Crippen LogP contribution in [0, 0.1) is 11.8 Å². The summed E-state index contributed by atoms with van der Waals surface area (Å²) in [6.07, 6.45) is 3.59. The number of halogens is 1. The van der Waals surface area contributed by atoms with Crippen LogP contribution in [0.5, 0.6) is 0 Å². The lowest BCUT2D eigenvalue weighted by atomic mass is 9.87. The number of nitrogens with one attached hydrogen (secondary N) is 2. The van der Waals surface area contributed by atoms with E-state index in [0.29, 0.717) is 29.7 Å². The number of aliphatic hydroxyl groups is 1. The Morgan fingerprint density at radius 2 is 2.04 bits per heavy atom. The van der Waals surface area contributed by atoms with E-state index >= 15 is 0 Å². The summed E-state index contributed by atoms with van der Waals surface area (Å²) in [5.41, 5.74) is 0.727. The van der Waals surface area contributed by atoms with Crippen molar-refractivity contribution in [1.82, 2.24) is 15.5 Å². The molecule has 2 aliphatic rings. The van der Waals surface area contributed by atoms with Crippen LogP contribution in [-0.4, -0.2) is 32.5 Å². The maximum atomic E-state index is 11.2. The first kappa shape index (κ1) is 14.8. The van der Waals surface area contributed by atoms with Crippen LogP contribution in [-0.2, 0) is 5.60 Å². The molecule has 1 unspecified atom stereocenters. The number of rotatable bonds is 2. The van der Waals surface area contributed by atoms with Gasteiger partial charge in [0.25, 0.3) is 0 Å². The van der Waals surface area contributed by atoms with E-state index in [1.807, 2.05) is 6.07 Å². The molecule has 2 saturated carbocycles. The molecule has 2 aliphatic carbocycles. The lowest BCUT2D eigenvalue weighted by molar-refractivity contribution is 0.0357. The molecule has 0 spiro atoms. The molecule has 122 valence electrons. The summed E-state index contributed by atoms with van der Waals surface area (Å²) in [5, 5.41) is 31.1. The third kappa shape index (κ3) is 2.46. The second-order valence-electron chi connectivity index (χ2n) is 6.86. The highest BCUT2D eigenvalue weighted by molar-refractivity contribution is 6.31. The second kappa shape index (κ2) is 5.11. The Balaban J connectivity index is 1.62. The number of hydrogen-bond donors (Lipinski definition) is 4. The van der Waals surface area contributed by atoms with Gasteiger partial charge in [-0.3, -0.25) is 5.10 Å². The van der Waals surface area contributed by atoms with Gasteiger partial charge in [0.05, 0.1) is 17.3 Å². The van der Waals surface area contributed by atoms with E-state index < -0.39 is 11.7 Å². The number of nitrogens with zero attached hydrogens (tertiary/aromatic N) is 1. The molecule has 0 aliphatic heterocycles. The van der Waals surface area contributed by atoms with Crippen LogP contribution in [0.15, 0.2) is 18.3 Å². The second-order valence-corrected chi connectivity index (χ2v) is 7.30. The molecule has 0 saturated heterocycles. The summed E-state index contributed by atoms with van der Waals surface area (Å²) in [6, 6.07) is 3.63. The number of fused-ring (bicyclic) bond motifs is 2. The zero-order chi connectivity index (χ0) is 16.2. The fourth-order valence-corrected chi connectivity index (χ4v) is 4.79. The number of carboxylic acid groups (broad SMARTS) is 1. The van der Waals surface area contributed by atoms with Crippen molar-refractivity contribution >= 4 is 28.6 Å². The number of amides is 1. The number of aromatic amines is 1. The predicted molar refractivity (Wildman–Crippen MR) is 85.4 cm³/mol. The van der Waals surface area contributed by atoms with Gasteiger partial charge in [-0.1, -0.05) is 11.6 Å². The first-order valence-electron chi connectivity index (χ1n) is 7.79.